The molecule has 0 amide bonds. The zero-order valence-electron chi connectivity index (χ0n) is 11.8. The zero-order chi connectivity index (χ0) is 14.4. The summed E-state index contributed by atoms with van der Waals surface area (Å²) in [4.78, 5) is 0. The van der Waals surface area contributed by atoms with E-state index in [4.69, 9.17) is 17.0 Å². The Labute approximate surface area is 123 Å². The molecule has 2 rings (SSSR count). The second kappa shape index (κ2) is 7.09. The van der Waals surface area contributed by atoms with E-state index in [1.165, 1.54) is 0 Å². The van der Waals surface area contributed by atoms with Gasteiger partial charge >= 0.3 is 0 Å². The van der Waals surface area contributed by atoms with Gasteiger partial charge in [0.2, 0.25) is 4.77 Å². The predicted molar refractivity (Wildman–Crippen MR) is 82.1 cm³/mol. The molecule has 1 aromatic heterocycles. The molecule has 6 heteroatoms. The van der Waals surface area contributed by atoms with Crippen molar-refractivity contribution >= 4 is 12.2 Å². The molecule has 0 aliphatic rings. The van der Waals surface area contributed by atoms with Crippen LogP contribution in [0.2, 0.25) is 0 Å². The summed E-state index contributed by atoms with van der Waals surface area (Å²) in [5.41, 5.74) is 4.44. The van der Waals surface area contributed by atoms with E-state index in [-0.39, 0.29) is 0 Å². The van der Waals surface area contributed by atoms with E-state index < -0.39 is 0 Å². The van der Waals surface area contributed by atoms with Crippen molar-refractivity contribution < 1.29 is 4.74 Å². The maximum Gasteiger partial charge on any atom is 0.214 e. The van der Waals surface area contributed by atoms with E-state index >= 15 is 0 Å². The average Bonchev–Trinajstić information content (AvgIpc) is 2.79. The number of H-pyrrole nitrogens is 1. The van der Waals surface area contributed by atoms with Gasteiger partial charge in [-0.15, -0.1) is 0 Å². The van der Waals surface area contributed by atoms with Gasteiger partial charge in [0.25, 0.3) is 0 Å². The fraction of sp³-hybridized carbons (Fsp3) is 0.429. The van der Waals surface area contributed by atoms with Crippen LogP contribution in [-0.2, 0) is 13.0 Å². The molecule has 0 spiro atoms. The Hall–Kier alpha value is -1.82. The molecule has 0 aliphatic heterocycles. The molecule has 108 valence electrons. The van der Waals surface area contributed by atoms with Crippen molar-refractivity contribution in [2.45, 2.75) is 33.2 Å². The summed E-state index contributed by atoms with van der Waals surface area (Å²) in [6.45, 7) is 5.44. The Balaban J connectivity index is 2.06. The van der Waals surface area contributed by atoms with Gasteiger partial charge in [-0.3, -0.25) is 5.10 Å². The lowest BCUT2D eigenvalue weighted by atomic mass is 10.2. The van der Waals surface area contributed by atoms with Gasteiger partial charge < -0.3 is 10.2 Å². The lowest BCUT2D eigenvalue weighted by Crippen LogP contribution is -2.17. The minimum Gasteiger partial charge on any atom is -0.494 e. The SMILES string of the molecule is CCCc1n[nH]c(=S)n1NCc1cccc(OCC)c1. The first-order valence-electron chi connectivity index (χ1n) is 6.86. The Bertz CT molecular complexity index is 605. The molecular formula is C14H20N4OS. The number of aryl methyl sites for hydroxylation is 1. The molecule has 0 atom stereocenters. The molecule has 20 heavy (non-hydrogen) atoms. The van der Waals surface area contributed by atoms with E-state index in [2.05, 4.69) is 28.6 Å². The van der Waals surface area contributed by atoms with Crippen molar-refractivity contribution in [2.24, 2.45) is 0 Å². The molecular weight excluding hydrogens is 272 g/mol. The molecule has 0 aliphatic carbocycles. The van der Waals surface area contributed by atoms with Crippen molar-refractivity contribution in [3.63, 3.8) is 0 Å². The lowest BCUT2D eigenvalue weighted by Gasteiger charge is -2.10. The lowest BCUT2D eigenvalue weighted by molar-refractivity contribution is 0.340. The Kier molecular flexibility index (Phi) is 5.17. The smallest absolute Gasteiger partial charge is 0.214 e. The Morgan fingerprint density at radius 1 is 1.40 bits per heavy atom. The van der Waals surface area contributed by atoms with Crippen molar-refractivity contribution in [2.75, 3.05) is 12.0 Å². The summed E-state index contributed by atoms with van der Waals surface area (Å²) in [7, 11) is 0. The summed E-state index contributed by atoms with van der Waals surface area (Å²) in [6.07, 6.45) is 1.92. The van der Waals surface area contributed by atoms with Crippen LogP contribution in [0, 0.1) is 4.77 Å². The second-order valence-electron chi connectivity index (χ2n) is 4.45. The number of rotatable bonds is 7. The van der Waals surface area contributed by atoms with Gasteiger partial charge in [-0.2, -0.15) is 5.10 Å². The highest BCUT2D eigenvalue weighted by Crippen LogP contribution is 2.13. The summed E-state index contributed by atoms with van der Waals surface area (Å²) < 4.78 is 7.93. The van der Waals surface area contributed by atoms with Gasteiger partial charge in [-0.05, 0) is 43.3 Å². The summed E-state index contributed by atoms with van der Waals surface area (Å²) in [6, 6.07) is 8.03. The second-order valence-corrected chi connectivity index (χ2v) is 4.83. The number of nitrogens with one attached hydrogen (secondary N) is 2. The van der Waals surface area contributed by atoms with Crippen LogP contribution in [0.1, 0.15) is 31.7 Å². The third-order valence-electron chi connectivity index (χ3n) is 2.87. The minimum absolute atomic E-state index is 0.592. The molecule has 1 aromatic carbocycles. The molecule has 2 aromatic rings. The molecule has 1 heterocycles. The minimum atomic E-state index is 0.592. The number of hydrogen-bond acceptors (Lipinski definition) is 4. The Morgan fingerprint density at radius 3 is 3.00 bits per heavy atom. The van der Waals surface area contributed by atoms with Crippen LogP contribution in [0.4, 0.5) is 0 Å². The maximum atomic E-state index is 5.50. The van der Waals surface area contributed by atoms with Gasteiger partial charge in [0, 0.05) is 6.42 Å². The first-order valence-corrected chi connectivity index (χ1v) is 7.27. The van der Waals surface area contributed by atoms with Crippen molar-refractivity contribution in [1.82, 2.24) is 14.9 Å². The van der Waals surface area contributed by atoms with Crippen LogP contribution >= 0.6 is 12.2 Å². The van der Waals surface area contributed by atoms with Crippen molar-refractivity contribution in [1.29, 1.82) is 0 Å². The van der Waals surface area contributed by atoms with Gasteiger partial charge in [0.05, 0.1) is 13.2 Å². The van der Waals surface area contributed by atoms with Gasteiger partial charge in [-0.1, -0.05) is 19.1 Å². The molecule has 0 saturated carbocycles. The van der Waals surface area contributed by atoms with Crippen LogP contribution in [0.25, 0.3) is 0 Å². The summed E-state index contributed by atoms with van der Waals surface area (Å²) in [5.74, 6) is 1.81. The molecule has 0 radical (unpaired) electrons. The van der Waals surface area contributed by atoms with Gasteiger partial charge in [0.15, 0.2) is 5.82 Å². The van der Waals surface area contributed by atoms with E-state index in [0.29, 0.717) is 17.9 Å². The van der Waals surface area contributed by atoms with Crippen LogP contribution in [0.3, 0.4) is 0 Å². The summed E-state index contributed by atoms with van der Waals surface area (Å²) >= 11 is 5.23. The number of nitrogens with zero attached hydrogens (tertiary/aromatic N) is 2. The standard InChI is InChI=1S/C14H20N4OS/c1-3-6-13-16-17-14(20)18(13)15-10-11-7-5-8-12(9-11)19-4-2/h5,7-9,15H,3-4,6,10H2,1-2H3,(H,17,20). The highest BCUT2D eigenvalue weighted by atomic mass is 32.1. The fourth-order valence-corrected chi connectivity index (χ4v) is 2.18. The monoisotopic (exact) mass is 292 g/mol. The molecule has 2 N–H and O–H groups in total. The zero-order valence-corrected chi connectivity index (χ0v) is 12.7. The molecule has 0 unspecified atom stereocenters. The summed E-state index contributed by atoms with van der Waals surface area (Å²) in [5, 5.41) is 7.04. The van der Waals surface area contributed by atoms with Crippen molar-refractivity contribution in [3.05, 3.63) is 40.4 Å². The number of benzene rings is 1. The topological polar surface area (TPSA) is 54.9 Å². The number of hydrogen-bond donors (Lipinski definition) is 2. The van der Waals surface area contributed by atoms with Crippen LogP contribution in [-0.4, -0.2) is 21.5 Å². The molecule has 0 bridgehead atoms. The van der Waals surface area contributed by atoms with E-state index in [1.807, 2.05) is 29.8 Å². The average molecular weight is 292 g/mol. The van der Waals surface area contributed by atoms with Gasteiger partial charge in [0.1, 0.15) is 5.75 Å². The molecule has 0 saturated heterocycles. The van der Waals surface area contributed by atoms with Crippen LogP contribution < -0.4 is 10.2 Å². The normalized spacial score (nSPS) is 10.5. The third kappa shape index (κ3) is 3.60. The number of ether oxygens (including phenoxy) is 1. The van der Waals surface area contributed by atoms with Crippen LogP contribution in [0.5, 0.6) is 5.75 Å². The highest BCUT2D eigenvalue weighted by Gasteiger charge is 2.04. The van der Waals surface area contributed by atoms with Crippen LogP contribution in [0.15, 0.2) is 24.3 Å². The third-order valence-corrected chi connectivity index (χ3v) is 3.14. The van der Waals surface area contributed by atoms with E-state index in [1.54, 1.807) is 0 Å². The largest absolute Gasteiger partial charge is 0.494 e. The quantitative estimate of drug-likeness (QED) is 0.770. The highest BCUT2D eigenvalue weighted by molar-refractivity contribution is 7.71. The fourth-order valence-electron chi connectivity index (χ4n) is 1.97. The molecule has 0 fully saturated rings. The number of aromatic nitrogens is 3. The van der Waals surface area contributed by atoms with E-state index in [0.717, 1.165) is 30.0 Å². The first kappa shape index (κ1) is 14.6. The first-order chi connectivity index (χ1) is 9.74. The Morgan fingerprint density at radius 2 is 2.25 bits per heavy atom. The maximum absolute atomic E-state index is 5.50. The number of aromatic amines is 1. The molecule has 5 nitrogen and oxygen atoms in total. The van der Waals surface area contributed by atoms with Crippen molar-refractivity contribution in [3.8, 4) is 5.75 Å². The van der Waals surface area contributed by atoms with E-state index in [9.17, 15) is 0 Å². The van der Waals surface area contributed by atoms with Gasteiger partial charge in [-0.25, -0.2) is 4.68 Å². The predicted octanol–water partition coefficient (Wildman–Crippen LogP) is 3.04.